The Hall–Kier alpha value is -2.33. The van der Waals surface area contributed by atoms with Crippen LogP contribution in [-0.2, 0) is 6.54 Å². The van der Waals surface area contributed by atoms with Gasteiger partial charge in [-0.15, -0.1) is 0 Å². The van der Waals surface area contributed by atoms with Crippen LogP contribution in [0.15, 0.2) is 42.5 Å². The Labute approximate surface area is 175 Å². The van der Waals surface area contributed by atoms with E-state index < -0.39 is 0 Å². The first-order valence-electron chi connectivity index (χ1n) is 10.8. The molecule has 0 bridgehead atoms. The number of carbonyl (C=O) groups is 1. The molecule has 0 unspecified atom stereocenters. The molecule has 1 fully saturated rings. The summed E-state index contributed by atoms with van der Waals surface area (Å²) < 4.78 is 5.34. The van der Waals surface area contributed by atoms with Gasteiger partial charge in [0.1, 0.15) is 5.75 Å². The number of amides is 1. The van der Waals surface area contributed by atoms with Crippen molar-refractivity contribution in [1.29, 1.82) is 0 Å². The van der Waals surface area contributed by atoms with Crippen LogP contribution >= 0.6 is 0 Å². The second-order valence-electron chi connectivity index (χ2n) is 8.32. The number of aryl methyl sites for hydroxylation is 1. The lowest BCUT2D eigenvalue weighted by Gasteiger charge is -2.30. The fourth-order valence-electron chi connectivity index (χ4n) is 4.02. The Morgan fingerprint density at radius 2 is 1.86 bits per heavy atom. The van der Waals surface area contributed by atoms with E-state index in [2.05, 4.69) is 42.3 Å². The zero-order valence-corrected chi connectivity index (χ0v) is 18.2. The van der Waals surface area contributed by atoms with Crippen molar-refractivity contribution in [2.75, 3.05) is 20.2 Å². The van der Waals surface area contributed by atoms with Crippen molar-refractivity contribution in [3.63, 3.8) is 0 Å². The molecule has 1 aliphatic heterocycles. The Bertz CT molecular complexity index is 808. The van der Waals surface area contributed by atoms with Crippen molar-refractivity contribution < 1.29 is 9.53 Å². The lowest BCUT2D eigenvalue weighted by molar-refractivity contribution is 0.0935. The maximum absolute atomic E-state index is 12.8. The molecule has 29 heavy (non-hydrogen) atoms. The van der Waals surface area contributed by atoms with Crippen molar-refractivity contribution >= 4 is 5.91 Å². The fraction of sp³-hybridized carbons (Fsp3) is 0.480. The van der Waals surface area contributed by atoms with E-state index in [4.69, 9.17) is 4.74 Å². The van der Waals surface area contributed by atoms with Gasteiger partial charge in [-0.3, -0.25) is 9.69 Å². The summed E-state index contributed by atoms with van der Waals surface area (Å²) >= 11 is 0. The fourth-order valence-corrected chi connectivity index (χ4v) is 4.02. The van der Waals surface area contributed by atoms with E-state index in [1.54, 1.807) is 7.11 Å². The normalized spacial score (nSPS) is 16.4. The molecular formula is C25H34N2O2. The van der Waals surface area contributed by atoms with Gasteiger partial charge in [-0.25, -0.2) is 0 Å². The highest BCUT2D eigenvalue weighted by atomic mass is 16.5. The van der Waals surface area contributed by atoms with Gasteiger partial charge in [0.15, 0.2) is 0 Å². The highest BCUT2D eigenvalue weighted by Crippen LogP contribution is 2.25. The average Bonchev–Trinajstić information content (AvgIpc) is 2.74. The SMILES string of the molecule is CC[C@@H](NC(=O)c1ccc(CN2CCC(C)CC2)cc1)c1ccc(OC)c(C)c1. The number of benzene rings is 2. The molecule has 0 aromatic heterocycles. The van der Waals surface area contributed by atoms with Gasteiger partial charge in [0.05, 0.1) is 13.2 Å². The van der Waals surface area contributed by atoms with Crippen LogP contribution in [0.25, 0.3) is 0 Å². The number of likely N-dealkylation sites (tertiary alicyclic amines) is 1. The molecule has 2 aromatic rings. The van der Waals surface area contributed by atoms with Crippen LogP contribution in [0, 0.1) is 12.8 Å². The van der Waals surface area contributed by atoms with Crippen molar-refractivity contribution in [2.45, 2.75) is 52.6 Å². The van der Waals surface area contributed by atoms with Crippen LogP contribution in [0.1, 0.15) is 66.2 Å². The van der Waals surface area contributed by atoms with Crippen molar-refractivity contribution in [3.05, 3.63) is 64.7 Å². The third-order valence-electron chi connectivity index (χ3n) is 6.03. The summed E-state index contributed by atoms with van der Waals surface area (Å²) in [5, 5.41) is 3.18. The third-order valence-corrected chi connectivity index (χ3v) is 6.03. The molecule has 156 valence electrons. The minimum absolute atomic E-state index is 0.0119. The van der Waals surface area contributed by atoms with Gasteiger partial charge in [0.2, 0.25) is 0 Å². The molecule has 1 amide bonds. The number of hydrogen-bond acceptors (Lipinski definition) is 3. The summed E-state index contributed by atoms with van der Waals surface area (Å²) in [6.07, 6.45) is 3.40. The minimum atomic E-state index is -0.0244. The first-order chi connectivity index (χ1) is 14.0. The number of nitrogens with zero attached hydrogens (tertiary/aromatic N) is 1. The van der Waals surface area contributed by atoms with Gasteiger partial charge >= 0.3 is 0 Å². The summed E-state index contributed by atoms with van der Waals surface area (Å²) in [5.74, 6) is 1.69. The zero-order valence-electron chi connectivity index (χ0n) is 18.2. The molecule has 2 aromatic carbocycles. The summed E-state index contributed by atoms with van der Waals surface area (Å²) in [6.45, 7) is 9.76. The standard InChI is InChI=1S/C25H34N2O2/c1-5-23(22-10-11-24(29-4)19(3)16-22)26-25(28)21-8-6-20(7-9-21)17-27-14-12-18(2)13-15-27/h6-11,16,18,23H,5,12-15,17H2,1-4H3,(H,26,28)/t23-/m1/s1. The molecular weight excluding hydrogens is 360 g/mol. The maximum atomic E-state index is 12.8. The zero-order chi connectivity index (χ0) is 20.8. The maximum Gasteiger partial charge on any atom is 0.251 e. The molecule has 1 N–H and O–H groups in total. The number of rotatable bonds is 7. The van der Waals surface area contributed by atoms with E-state index in [1.807, 2.05) is 31.2 Å². The molecule has 0 spiro atoms. The topological polar surface area (TPSA) is 41.6 Å². The average molecular weight is 395 g/mol. The predicted octanol–water partition coefficient (Wildman–Crippen LogP) is 5.12. The predicted molar refractivity (Wildman–Crippen MR) is 118 cm³/mol. The van der Waals surface area contributed by atoms with Gasteiger partial charge in [-0.2, -0.15) is 0 Å². The van der Waals surface area contributed by atoms with Crippen LogP contribution in [0.2, 0.25) is 0 Å². The van der Waals surface area contributed by atoms with E-state index in [9.17, 15) is 4.79 Å². The molecule has 3 rings (SSSR count). The lowest BCUT2D eigenvalue weighted by atomic mass is 9.98. The minimum Gasteiger partial charge on any atom is -0.496 e. The van der Waals surface area contributed by atoms with E-state index in [0.29, 0.717) is 5.56 Å². The second kappa shape index (κ2) is 9.93. The molecule has 4 nitrogen and oxygen atoms in total. The third kappa shape index (κ3) is 5.60. The molecule has 1 heterocycles. The summed E-state index contributed by atoms with van der Waals surface area (Å²) in [5.41, 5.74) is 4.17. The molecule has 0 aliphatic carbocycles. The summed E-state index contributed by atoms with van der Waals surface area (Å²) in [6, 6.07) is 14.2. The molecule has 1 aliphatic rings. The molecule has 4 heteroatoms. The number of piperidine rings is 1. The monoisotopic (exact) mass is 394 g/mol. The van der Waals surface area contributed by atoms with Crippen molar-refractivity contribution in [1.82, 2.24) is 10.2 Å². The molecule has 0 saturated carbocycles. The van der Waals surface area contributed by atoms with Gasteiger partial charge in [0, 0.05) is 12.1 Å². The van der Waals surface area contributed by atoms with Crippen LogP contribution in [0.5, 0.6) is 5.75 Å². The second-order valence-corrected chi connectivity index (χ2v) is 8.32. The van der Waals surface area contributed by atoms with Crippen LogP contribution in [0.3, 0.4) is 0 Å². The van der Waals surface area contributed by atoms with Crippen molar-refractivity contribution in [3.8, 4) is 5.75 Å². The number of nitrogens with one attached hydrogen (secondary N) is 1. The Morgan fingerprint density at radius 1 is 1.17 bits per heavy atom. The van der Waals surface area contributed by atoms with Gasteiger partial charge < -0.3 is 10.1 Å². The summed E-state index contributed by atoms with van der Waals surface area (Å²) in [4.78, 5) is 15.3. The smallest absolute Gasteiger partial charge is 0.251 e. The van der Waals surface area contributed by atoms with Gasteiger partial charge in [0.25, 0.3) is 5.91 Å². The number of methoxy groups -OCH3 is 1. The van der Waals surface area contributed by atoms with E-state index >= 15 is 0 Å². The Balaban J connectivity index is 1.61. The van der Waals surface area contributed by atoms with E-state index in [-0.39, 0.29) is 11.9 Å². The van der Waals surface area contributed by atoms with Gasteiger partial charge in [-0.1, -0.05) is 38.1 Å². The van der Waals surface area contributed by atoms with E-state index in [1.165, 1.54) is 31.5 Å². The highest BCUT2D eigenvalue weighted by molar-refractivity contribution is 5.94. The molecule has 0 radical (unpaired) electrons. The van der Waals surface area contributed by atoms with Gasteiger partial charge in [-0.05, 0) is 80.1 Å². The van der Waals surface area contributed by atoms with Crippen LogP contribution in [0.4, 0.5) is 0 Å². The number of hydrogen-bond donors (Lipinski definition) is 1. The van der Waals surface area contributed by atoms with Crippen LogP contribution < -0.4 is 10.1 Å². The largest absolute Gasteiger partial charge is 0.496 e. The van der Waals surface area contributed by atoms with Crippen molar-refractivity contribution in [2.24, 2.45) is 5.92 Å². The quantitative estimate of drug-likeness (QED) is 0.709. The highest BCUT2D eigenvalue weighted by Gasteiger charge is 2.17. The molecule has 1 atom stereocenters. The Kier molecular flexibility index (Phi) is 7.32. The van der Waals surface area contributed by atoms with Crippen LogP contribution in [-0.4, -0.2) is 31.0 Å². The summed E-state index contributed by atoms with van der Waals surface area (Å²) in [7, 11) is 1.68. The Morgan fingerprint density at radius 3 is 2.45 bits per heavy atom. The number of ether oxygens (including phenoxy) is 1. The first-order valence-corrected chi connectivity index (χ1v) is 10.8. The lowest BCUT2D eigenvalue weighted by Crippen LogP contribution is -2.32. The first kappa shape index (κ1) is 21.4. The number of carbonyl (C=O) groups excluding carboxylic acids is 1. The van der Waals surface area contributed by atoms with E-state index in [0.717, 1.165) is 35.8 Å². The molecule has 1 saturated heterocycles.